The second-order valence-electron chi connectivity index (χ2n) is 12.6. The Kier molecular flexibility index (Phi) is 7.68. The molecular formula is C31H29F6N5O3S. The topological polar surface area (TPSA) is 90.9 Å². The molecule has 0 radical (unpaired) electrons. The van der Waals surface area contributed by atoms with Gasteiger partial charge in [-0.25, -0.2) is 4.79 Å². The molecule has 1 aliphatic carbocycles. The summed E-state index contributed by atoms with van der Waals surface area (Å²) in [6, 6.07) is 6.45. The van der Waals surface area contributed by atoms with Crippen LogP contribution in [-0.2, 0) is 28.3 Å². The van der Waals surface area contributed by atoms with Crippen molar-refractivity contribution in [3.63, 3.8) is 0 Å². The number of halogens is 6. The summed E-state index contributed by atoms with van der Waals surface area (Å²) in [6.45, 7) is 6.43. The normalized spacial score (nSPS) is 19.6. The number of benzene rings is 2. The van der Waals surface area contributed by atoms with E-state index in [1.54, 1.807) is 43.9 Å². The van der Waals surface area contributed by atoms with Gasteiger partial charge in [0, 0.05) is 25.0 Å². The number of allylic oxidation sites excluding steroid dienone is 1. The minimum Gasteiger partial charge on any atom is -0.444 e. The number of ether oxygens (including phenoxy) is 1. The lowest BCUT2D eigenvalue weighted by atomic mass is 9.92. The quantitative estimate of drug-likeness (QED) is 0.234. The molecular weight excluding hydrogens is 636 g/mol. The summed E-state index contributed by atoms with van der Waals surface area (Å²) in [6.07, 6.45) is -7.96. The number of thioether (sulfide) groups is 1. The van der Waals surface area contributed by atoms with Crippen LogP contribution >= 0.6 is 11.8 Å². The first-order valence-electron chi connectivity index (χ1n) is 14.4. The van der Waals surface area contributed by atoms with E-state index in [-0.39, 0.29) is 16.5 Å². The van der Waals surface area contributed by atoms with Crippen molar-refractivity contribution in [2.75, 3.05) is 19.6 Å². The third-order valence-corrected chi connectivity index (χ3v) is 9.28. The number of piperazine rings is 1. The van der Waals surface area contributed by atoms with Crippen molar-refractivity contribution in [3.8, 4) is 0 Å². The molecule has 2 aromatic carbocycles. The van der Waals surface area contributed by atoms with Gasteiger partial charge in [0.25, 0.3) is 5.91 Å². The number of amides is 2. The summed E-state index contributed by atoms with van der Waals surface area (Å²) in [5.41, 5.74) is -3.17. The van der Waals surface area contributed by atoms with Gasteiger partial charge in [-0.3, -0.25) is 14.8 Å². The van der Waals surface area contributed by atoms with E-state index in [1.807, 2.05) is 4.90 Å². The Bertz CT molecular complexity index is 1790. The van der Waals surface area contributed by atoms with Gasteiger partial charge in [-0.2, -0.15) is 36.4 Å². The Hall–Kier alpha value is -4.01. The van der Waals surface area contributed by atoms with E-state index in [1.165, 1.54) is 6.20 Å². The van der Waals surface area contributed by atoms with Crippen molar-refractivity contribution in [1.82, 2.24) is 20.0 Å². The van der Waals surface area contributed by atoms with E-state index in [4.69, 9.17) is 4.74 Å². The van der Waals surface area contributed by atoms with E-state index in [0.717, 1.165) is 30.7 Å². The molecule has 1 N–H and O–H groups in total. The second kappa shape index (κ2) is 11.1. The maximum absolute atomic E-state index is 14.1. The Morgan fingerprint density at radius 1 is 1.02 bits per heavy atom. The van der Waals surface area contributed by atoms with Gasteiger partial charge in [0.1, 0.15) is 5.60 Å². The van der Waals surface area contributed by atoms with Crippen LogP contribution in [-0.4, -0.2) is 67.9 Å². The summed E-state index contributed by atoms with van der Waals surface area (Å²) < 4.78 is 88.1. The van der Waals surface area contributed by atoms with Crippen LogP contribution in [0.4, 0.5) is 31.1 Å². The molecule has 3 heterocycles. The van der Waals surface area contributed by atoms with Crippen LogP contribution in [0.15, 0.2) is 52.5 Å². The number of hydrogen-bond acceptors (Lipinski definition) is 6. The van der Waals surface area contributed by atoms with E-state index in [2.05, 4.69) is 15.2 Å². The first-order chi connectivity index (χ1) is 21.4. The lowest BCUT2D eigenvalue weighted by Gasteiger charge is -2.42. The van der Waals surface area contributed by atoms with Crippen LogP contribution in [0.3, 0.4) is 0 Å². The number of hydrogen-bond donors (Lipinski definition) is 1. The first kappa shape index (κ1) is 32.0. The Balaban J connectivity index is 1.34. The van der Waals surface area contributed by atoms with Crippen molar-refractivity contribution >= 4 is 45.4 Å². The van der Waals surface area contributed by atoms with Gasteiger partial charge in [-0.1, -0.05) is 12.1 Å². The van der Waals surface area contributed by atoms with Gasteiger partial charge in [0.2, 0.25) is 0 Å². The van der Waals surface area contributed by atoms with Crippen molar-refractivity contribution in [3.05, 3.63) is 69.8 Å². The van der Waals surface area contributed by atoms with Crippen LogP contribution in [0.5, 0.6) is 0 Å². The fourth-order valence-corrected chi connectivity index (χ4v) is 6.78. The summed E-state index contributed by atoms with van der Waals surface area (Å²) >= 11 is 1.01. The molecule has 8 nitrogen and oxygen atoms in total. The Morgan fingerprint density at radius 2 is 1.76 bits per heavy atom. The zero-order valence-corrected chi connectivity index (χ0v) is 25.8. The van der Waals surface area contributed by atoms with Crippen molar-refractivity contribution in [1.29, 1.82) is 0 Å². The number of aliphatic imine (C=N–C) groups is 1. The SMILES string of the molecule is CC(C)(C)OC(=O)N1CCN(C2=NC(=O)C(=C(Cc3ccc(C(F)(F)F)cc3C(F)(F)F)c3ccc4[nH]ncc4c3)S2)CC12CC2. The number of aromatic nitrogens is 2. The van der Waals surface area contributed by atoms with Crippen LogP contribution in [0.25, 0.3) is 16.5 Å². The summed E-state index contributed by atoms with van der Waals surface area (Å²) in [4.78, 5) is 34.3. The Morgan fingerprint density at radius 3 is 2.41 bits per heavy atom. The monoisotopic (exact) mass is 665 g/mol. The van der Waals surface area contributed by atoms with Gasteiger partial charge in [0.15, 0.2) is 5.17 Å². The molecule has 0 atom stereocenters. The molecule has 2 amide bonds. The van der Waals surface area contributed by atoms with Gasteiger partial charge < -0.3 is 9.64 Å². The number of H-pyrrole nitrogens is 1. The third-order valence-electron chi connectivity index (χ3n) is 8.12. The minimum atomic E-state index is -5.08. The highest BCUT2D eigenvalue weighted by Gasteiger charge is 2.55. The lowest BCUT2D eigenvalue weighted by Crippen LogP contribution is -2.58. The number of amidine groups is 1. The molecule has 3 aliphatic rings. The highest BCUT2D eigenvalue weighted by atomic mass is 32.2. The highest BCUT2D eigenvalue weighted by Crippen LogP contribution is 2.47. The highest BCUT2D eigenvalue weighted by molar-refractivity contribution is 8.18. The molecule has 15 heteroatoms. The van der Waals surface area contributed by atoms with E-state index < -0.39 is 58.6 Å². The molecule has 46 heavy (non-hydrogen) atoms. The van der Waals surface area contributed by atoms with Gasteiger partial charge in [-0.15, -0.1) is 0 Å². The first-order valence-corrected chi connectivity index (χ1v) is 15.3. The molecule has 1 saturated heterocycles. The van der Waals surface area contributed by atoms with Crippen molar-refractivity contribution in [2.45, 2.75) is 63.5 Å². The number of alkyl halides is 6. The fraction of sp³-hybridized carbons (Fsp3) is 0.419. The minimum absolute atomic E-state index is 0.0743. The molecule has 3 aromatic rings. The average Bonchev–Trinajstić information content (AvgIpc) is 3.35. The number of carbonyl (C=O) groups is 2. The van der Waals surface area contributed by atoms with Crippen LogP contribution < -0.4 is 0 Å². The second-order valence-corrected chi connectivity index (χ2v) is 13.6. The maximum Gasteiger partial charge on any atom is 0.416 e. The fourth-order valence-electron chi connectivity index (χ4n) is 5.74. The van der Waals surface area contributed by atoms with Crippen LogP contribution in [0, 0.1) is 0 Å². The zero-order valence-electron chi connectivity index (χ0n) is 25.0. The number of aromatic amines is 1. The molecule has 1 aromatic heterocycles. The van der Waals surface area contributed by atoms with E-state index in [9.17, 15) is 35.9 Å². The standard InChI is InChI=1S/C31H29F6N5O3S/c1-28(2,3)45-27(44)42-11-10-41(16-29(42)8-9-29)26-39-25(43)24(46-26)21(17-5-7-23-19(12-17)15-38-40-23)13-18-4-6-20(30(32,33)34)14-22(18)31(35,36)37/h4-7,12,14-15H,8-11,13,16H2,1-3H3,(H,38,40). The molecule has 1 spiro atoms. The van der Waals surface area contributed by atoms with Gasteiger partial charge in [-0.05, 0) is 92.8 Å². The third kappa shape index (κ3) is 6.33. The number of nitrogens with zero attached hydrogens (tertiary/aromatic N) is 4. The van der Waals surface area contributed by atoms with Crippen LogP contribution in [0.1, 0.15) is 55.9 Å². The smallest absolute Gasteiger partial charge is 0.416 e. The average molecular weight is 666 g/mol. The van der Waals surface area contributed by atoms with Crippen molar-refractivity contribution in [2.24, 2.45) is 4.99 Å². The molecule has 2 fully saturated rings. The van der Waals surface area contributed by atoms with Crippen molar-refractivity contribution < 1.29 is 40.7 Å². The van der Waals surface area contributed by atoms with E-state index in [0.29, 0.717) is 47.3 Å². The predicted molar refractivity (Wildman–Crippen MR) is 160 cm³/mol. The maximum atomic E-state index is 14.1. The Labute approximate surface area is 263 Å². The summed E-state index contributed by atoms with van der Waals surface area (Å²) in [7, 11) is 0. The van der Waals surface area contributed by atoms with Gasteiger partial charge >= 0.3 is 18.4 Å². The number of carbonyl (C=O) groups excluding carboxylic acids is 2. The molecule has 0 bridgehead atoms. The molecule has 244 valence electrons. The summed E-state index contributed by atoms with van der Waals surface area (Å²) in [5, 5.41) is 7.74. The van der Waals surface area contributed by atoms with Gasteiger partial charge in [0.05, 0.1) is 33.3 Å². The molecule has 6 rings (SSSR count). The predicted octanol–water partition coefficient (Wildman–Crippen LogP) is 7.27. The number of nitrogens with one attached hydrogen (secondary N) is 1. The lowest BCUT2D eigenvalue weighted by molar-refractivity contribution is -0.143. The van der Waals surface area contributed by atoms with Crippen LogP contribution in [0.2, 0.25) is 0 Å². The summed E-state index contributed by atoms with van der Waals surface area (Å²) in [5.74, 6) is -0.665. The molecule has 0 unspecified atom stereocenters. The number of rotatable bonds is 3. The largest absolute Gasteiger partial charge is 0.444 e. The number of fused-ring (bicyclic) bond motifs is 1. The molecule has 2 aliphatic heterocycles. The van der Waals surface area contributed by atoms with E-state index >= 15 is 0 Å². The molecule has 1 saturated carbocycles. The zero-order chi connectivity index (χ0) is 33.2.